The van der Waals surface area contributed by atoms with Crippen LogP contribution in [0.4, 0.5) is 0 Å². The van der Waals surface area contributed by atoms with Crippen molar-refractivity contribution >= 4 is 22.7 Å². The number of benzene rings is 1. The Balaban J connectivity index is 1.83. The van der Waals surface area contributed by atoms with E-state index in [1.807, 2.05) is 50.1 Å². The van der Waals surface area contributed by atoms with Crippen LogP contribution >= 0.6 is 0 Å². The summed E-state index contributed by atoms with van der Waals surface area (Å²) in [6, 6.07) is 7.52. The number of hydrogen-bond donors (Lipinski definition) is 2. The summed E-state index contributed by atoms with van der Waals surface area (Å²) in [5.74, 6) is 0.598. The molecule has 5 nitrogen and oxygen atoms in total. The van der Waals surface area contributed by atoms with Crippen LogP contribution in [-0.4, -0.2) is 40.8 Å². The number of para-hydroxylation sites is 1. The van der Waals surface area contributed by atoms with Gasteiger partial charge in [0.2, 0.25) is 11.8 Å². The maximum absolute atomic E-state index is 13.2. The number of H-pyrrole nitrogens is 1. The summed E-state index contributed by atoms with van der Waals surface area (Å²) >= 11 is 0. The second-order valence-electron chi connectivity index (χ2n) is 8.85. The van der Waals surface area contributed by atoms with Gasteiger partial charge in [0.05, 0.1) is 0 Å². The highest BCUT2D eigenvalue weighted by Gasteiger charge is 2.32. The number of nitrogens with one attached hydrogen (secondary N) is 2. The van der Waals surface area contributed by atoms with E-state index in [-0.39, 0.29) is 11.8 Å². The van der Waals surface area contributed by atoms with Gasteiger partial charge in [-0.05, 0) is 30.4 Å². The van der Waals surface area contributed by atoms with Gasteiger partial charge in [-0.2, -0.15) is 0 Å². The van der Waals surface area contributed by atoms with E-state index in [9.17, 15) is 9.59 Å². The van der Waals surface area contributed by atoms with Crippen LogP contribution in [0.5, 0.6) is 0 Å². The SMILES string of the molecule is CC1CCN(C(=O)[C@@H](Cc2c[nH]c3ccccc23)NC(=O)C(C)(C)C)CC1. The Bertz CT molecular complexity index is 810. The summed E-state index contributed by atoms with van der Waals surface area (Å²) in [6.45, 7) is 9.40. The molecule has 0 saturated carbocycles. The molecule has 5 heteroatoms. The number of piperidine rings is 1. The van der Waals surface area contributed by atoms with Gasteiger partial charge in [0.25, 0.3) is 0 Å². The van der Waals surface area contributed by atoms with Crippen LogP contribution in [0.2, 0.25) is 0 Å². The van der Waals surface area contributed by atoms with Crippen molar-refractivity contribution in [2.45, 2.75) is 53.0 Å². The summed E-state index contributed by atoms with van der Waals surface area (Å²) in [5, 5.41) is 4.13. The highest BCUT2D eigenvalue weighted by atomic mass is 16.2. The van der Waals surface area contributed by atoms with Crippen molar-refractivity contribution in [2.75, 3.05) is 13.1 Å². The van der Waals surface area contributed by atoms with Gasteiger partial charge >= 0.3 is 0 Å². The summed E-state index contributed by atoms with van der Waals surface area (Å²) in [5.41, 5.74) is 1.57. The molecule has 0 bridgehead atoms. The Morgan fingerprint density at radius 3 is 2.56 bits per heavy atom. The van der Waals surface area contributed by atoms with Crippen LogP contribution in [0, 0.1) is 11.3 Å². The minimum absolute atomic E-state index is 0.0322. The molecular weight excluding hydrogens is 338 g/mol. The first kappa shape index (κ1) is 19.5. The summed E-state index contributed by atoms with van der Waals surface area (Å²) in [7, 11) is 0. The molecule has 1 aliphatic rings. The topological polar surface area (TPSA) is 65.2 Å². The van der Waals surface area contributed by atoms with Gasteiger partial charge in [0, 0.05) is 42.0 Å². The number of carbonyl (C=O) groups is 2. The average molecular weight is 370 g/mol. The number of hydrogen-bond acceptors (Lipinski definition) is 2. The van der Waals surface area contributed by atoms with Crippen molar-refractivity contribution in [3.8, 4) is 0 Å². The maximum Gasteiger partial charge on any atom is 0.245 e. The highest BCUT2D eigenvalue weighted by Crippen LogP contribution is 2.22. The van der Waals surface area contributed by atoms with E-state index in [0.717, 1.165) is 42.4 Å². The Hall–Kier alpha value is -2.30. The van der Waals surface area contributed by atoms with Crippen molar-refractivity contribution < 1.29 is 9.59 Å². The van der Waals surface area contributed by atoms with E-state index in [0.29, 0.717) is 12.3 Å². The lowest BCUT2D eigenvalue weighted by atomic mass is 9.93. The molecule has 0 unspecified atom stereocenters. The third kappa shape index (κ3) is 4.52. The molecule has 2 amide bonds. The van der Waals surface area contributed by atoms with Crippen LogP contribution in [-0.2, 0) is 16.0 Å². The van der Waals surface area contributed by atoms with Crippen molar-refractivity contribution in [3.05, 3.63) is 36.0 Å². The smallest absolute Gasteiger partial charge is 0.245 e. The average Bonchev–Trinajstić information content (AvgIpc) is 3.03. The van der Waals surface area contributed by atoms with E-state index in [1.54, 1.807) is 0 Å². The van der Waals surface area contributed by atoms with E-state index in [2.05, 4.69) is 23.3 Å². The quantitative estimate of drug-likeness (QED) is 0.866. The molecule has 0 spiro atoms. The maximum atomic E-state index is 13.2. The summed E-state index contributed by atoms with van der Waals surface area (Å²) in [4.78, 5) is 31.0. The lowest BCUT2D eigenvalue weighted by Crippen LogP contribution is -2.53. The second kappa shape index (κ2) is 7.75. The van der Waals surface area contributed by atoms with Gasteiger partial charge in [-0.25, -0.2) is 0 Å². The number of likely N-dealkylation sites (tertiary alicyclic amines) is 1. The molecular formula is C22H31N3O2. The number of rotatable bonds is 4. The molecule has 2 aromatic rings. The standard InChI is InChI=1S/C22H31N3O2/c1-15-9-11-25(12-10-15)20(26)19(24-21(27)22(2,3)4)13-16-14-23-18-8-6-5-7-17(16)18/h5-8,14-15,19,23H,9-13H2,1-4H3,(H,24,27)/t19-/m1/s1. The van der Waals surface area contributed by atoms with Crippen molar-refractivity contribution in [2.24, 2.45) is 11.3 Å². The first-order valence-corrected chi connectivity index (χ1v) is 9.90. The molecule has 1 aromatic heterocycles. The fourth-order valence-corrected chi connectivity index (χ4v) is 3.54. The summed E-state index contributed by atoms with van der Waals surface area (Å²) in [6.07, 6.45) is 4.50. The van der Waals surface area contributed by atoms with Crippen LogP contribution in [0.1, 0.15) is 46.1 Å². The van der Waals surface area contributed by atoms with E-state index in [1.165, 1.54) is 0 Å². The zero-order valence-electron chi connectivity index (χ0n) is 16.8. The minimum Gasteiger partial charge on any atom is -0.361 e. The van der Waals surface area contributed by atoms with Crippen LogP contribution in [0.15, 0.2) is 30.5 Å². The second-order valence-corrected chi connectivity index (χ2v) is 8.85. The van der Waals surface area contributed by atoms with Crippen molar-refractivity contribution in [1.29, 1.82) is 0 Å². The summed E-state index contributed by atoms with van der Waals surface area (Å²) < 4.78 is 0. The monoisotopic (exact) mass is 369 g/mol. The molecule has 1 saturated heterocycles. The zero-order chi connectivity index (χ0) is 19.6. The fraction of sp³-hybridized carbons (Fsp3) is 0.545. The van der Waals surface area contributed by atoms with E-state index >= 15 is 0 Å². The Kier molecular flexibility index (Phi) is 5.59. The molecule has 1 aliphatic heterocycles. The molecule has 1 atom stereocenters. The molecule has 27 heavy (non-hydrogen) atoms. The third-order valence-electron chi connectivity index (χ3n) is 5.48. The first-order chi connectivity index (χ1) is 12.8. The lowest BCUT2D eigenvalue weighted by Gasteiger charge is -2.34. The van der Waals surface area contributed by atoms with Gasteiger partial charge in [-0.3, -0.25) is 9.59 Å². The van der Waals surface area contributed by atoms with Gasteiger partial charge in [-0.15, -0.1) is 0 Å². The Morgan fingerprint density at radius 2 is 1.89 bits per heavy atom. The van der Waals surface area contributed by atoms with Crippen LogP contribution in [0.3, 0.4) is 0 Å². The number of nitrogens with zero attached hydrogens (tertiary/aromatic N) is 1. The molecule has 1 fully saturated rings. The number of fused-ring (bicyclic) bond motifs is 1. The number of carbonyl (C=O) groups excluding carboxylic acids is 2. The minimum atomic E-state index is -0.538. The first-order valence-electron chi connectivity index (χ1n) is 9.90. The molecule has 0 aliphatic carbocycles. The van der Waals surface area contributed by atoms with Crippen LogP contribution < -0.4 is 5.32 Å². The van der Waals surface area contributed by atoms with Gasteiger partial charge in [-0.1, -0.05) is 45.9 Å². The zero-order valence-corrected chi connectivity index (χ0v) is 16.8. The van der Waals surface area contributed by atoms with Gasteiger partial charge < -0.3 is 15.2 Å². The lowest BCUT2D eigenvalue weighted by molar-refractivity contribution is -0.139. The van der Waals surface area contributed by atoms with Crippen molar-refractivity contribution in [1.82, 2.24) is 15.2 Å². The molecule has 146 valence electrons. The van der Waals surface area contributed by atoms with Gasteiger partial charge in [0.15, 0.2) is 0 Å². The number of amides is 2. The molecule has 0 radical (unpaired) electrons. The normalized spacial score (nSPS) is 17.1. The highest BCUT2D eigenvalue weighted by molar-refractivity contribution is 5.91. The Morgan fingerprint density at radius 1 is 1.22 bits per heavy atom. The predicted octanol–water partition coefficient (Wildman–Crippen LogP) is 3.50. The van der Waals surface area contributed by atoms with E-state index < -0.39 is 11.5 Å². The fourth-order valence-electron chi connectivity index (χ4n) is 3.54. The largest absolute Gasteiger partial charge is 0.361 e. The molecule has 2 heterocycles. The molecule has 2 N–H and O–H groups in total. The predicted molar refractivity (Wildman–Crippen MR) is 108 cm³/mol. The Labute approximate surface area is 161 Å². The van der Waals surface area contributed by atoms with Gasteiger partial charge in [0.1, 0.15) is 6.04 Å². The molecule has 3 rings (SSSR count). The number of aromatic nitrogens is 1. The van der Waals surface area contributed by atoms with Crippen molar-refractivity contribution in [3.63, 3.8) is 0 Å². The third-order valence-corrected chi connectivity index (χ3v) is 5.48. The number of aromatic amines is 1. The van der Waals surface area contributed by atoms with E-state index in [4.69, 9.17) is 0 Å². The van der Waals surface area contributed by atoms with Crippen LogP contribution in [0.25, 0.3) is 10.9 Å². The molecule has 1 aromatic carbocycles.